The van der Waals surface area contributed by atoms with Crippen LogP contribution >= 0.6 is 0 Å². The molecule has 0 bridgehead atoms. The number of para-hydroxylation sites is 1. The number of ether oxygens (including phenoxy) is 1. The van der Waals surface area contributed by atoms with Crippen LogP contribution in [0.4, 0.5) is 11.4 Å². The lowest BCUT2D eigenvalue weighted by molar-refractivity contribution is -0.174. The number of amides is 1. The Hall–Kier alpha value is -4.30. The van der Waals surface area contributed by atoms with Crippen molar-refractivity contribution in [3.63, 3.8) is 0 Å². The van der Waals surface area contributed by atoms with E-state index in [9.17, 15) is 14.7 Å². The van der Waals surface area contributed by atoms with Crippen LogP contribution in [-0.4, -0.2) is 16.8 Å². The number of benzene rings is 3. The maximum absolute atomic E-state index is 14.0. The molecule has 3 aromatic carbocycles. The molecule has 5 rings (SSSR count). The molecule has 8 nitrogen and oxygen atoms in total. The highest BCUT2D eigenvalue weighted by Gasteiger charge is 2.72. The molecule has 1 aliphatic heterocycles. The Bertz CT molecular complexity index is 1430. The first-order valence-corrected chi connectivity index (χ1v) is 11.2. The molecule has 0 saturated heterocycles. The van der Waals surface area contributed by atoms with E-state index in [2.05, 4.69) is 5.32 Å². The maximum atomic E-state index is 14.0. The van der Waals surface area contributed by atoms with Crippen molar-refractivity contribution in [2.75, 3.05) is 11.5 Å². The van der Waals surface area contributed by atoms with Crippen molar-refractivity contribution < 1.29 is 19.4 Å². The van der Waals surface area contributed by atoms with Crippen LogP contribution in [0.3, 0.4) is 0 Å². The zero-order valence-corrected chi connectivity index (χ0v) is 19.3. The third kappa shape index (κ3) is 2.90. The van der Waals surface area contributed by atoms with Gasteiger partial charge in [0.25, 0.3) is 11.7 Å². The molecule has 0 radical (unpaired) electrons. The normalized spacial score (nSPS) is 22.4. The molecular formula is C27H26N4O4. The zero-order chi connectivity index (χ0) is 25.1. The molecule has 35 heavy (non-hydrogen) atoms. The van der Waals surface area contributed by atoms with Crippen molar-refractivity contribution >= 4 is 28.6 Å². The van der Waals surface area contributed by atoms with Gasteiger partial charge in [0.1, 0.15) is 5.75 Å². The average Bonchev–Trinajstić information content (AvgIpc) is 3.18. The molecule has 1 aliphatic carbocycles. The SMILES string of the molecule is CC(C)c1ccc2c(c1)OC1(O)c3cccc(N)c3C(=O)C21NC(=O)/C(=C/N)c1ccccc1N. The van der Waals surface area contributed by atoms with Crippen LogP contribution in [0.15, 0.2) is 66.9 Å². The van der Waals surface area contributed by atoms with E-state index in [1.165, 1.54) is 0 Å². The molecule has 0 aromatic heterocycles. The molecule has 2 atom stereocenters. The van der Waals surface area contributed by atoms with E-state index in [1.54, 1.807) is 54.6 Å². The van der Waals surface area contributed by atoms with Crippen molar-refractivity contribution in [3.8, 4) is 5.75 Å². The summed E-state index contributed by atoms with van der Waals surface area (Å²) in [4.78, 5) is 27.7. The van der Waals surface area contributed by atoms with Crippen molar-refractivity contribution in [1.29, 1.82) is 0 Å². The van der Waals surface area contributed by atoms with Gasteiger partial charge in [0.15, 0.2) is 0 Å². The topological polar surface area (TPSA) is 154 Å². The molecule has 0 spiro atoms. The first-order valence-electron chi connectivity index (χ1n) is 11.2. The van der Waals surface area contributed by atoms with Gasteiger partial charge >= 0.3 is 0 Å². The summed E-state index contributed by atoms with van der Waals surface area (Å²) in [5, 5.41) is 14.8. The number of Topliss-reactive ketones (excluding diaryl/α,β-unsaturated/α-hetero) is 1. The molecular weight excluding hydrogens is 444 g/mol. The van der Waals surface area contributed by atoms with Gasteiger partial charge in [0.05, 0.1) is 11.1 Å². The summed E-state index contributed by atoms with van der Waals surface area (Å²) in [7, 11) is 0. The fourth-order valence-electron chi connectivity index (χ4n) is 5.01. The number of nitrogen functional groups attached to an aromatic ring is 2. The number of ketones is 1. The van der Waals surface area contributed by atoms with Gasteiger partial charge in [-0.1, -0.05) is 56.3 Å². The smallest absolute Gasteiger partial charge is 0.271 e. The second kappa shape index (κ2) is 7.61. The van der Waals surface area contributed by atoms with Crippen LogP contribution in [-0.2, 0) is 16.1 Å². The lowest BCUT2D eigenvalue weighted by Crippen LogP contribution is -2.60. The lowest BCUT2D eigenvalue weighted by atomic mass is 9.81. The molecule has 0 saturated carbocycles. The summed E-state index contributed by atoms with van der Waals surface area (Å²) in [6, 6.07) is 16.8. The van der Waals surface area contributed by atoms with Crippen molar-refractivity contribution in [2.45, 2.75) is 31.1 Å². The lowest BCUT2D eigenvalue weighted by Gasteiger charge is -2.34. The summed E-state index contributed by atoms with van der Waals surface area (Å²) >= 11 is 0. The van der Waals surface area contributed by atoms with Gasteiger partial charge in [0.2, 0.25) is 11.3 Å². The number of carbonyl (C=O) groups excluding carboxylic acids is 2. The summed E-state index contributed by atoms with van der Waals surface area (Å²) in [5.41, 5.74) is 18.6. The predicted molar refractivity (Wildman–Crippen MR) is 133 cm³/mol. The molecule has 8 N–H and O–H groups in total. The number of hydrogen-bond acceptors (Lipinski definition) is 7. The Morgan fingerprint density at radius 2 is 1.74 bits per heavy atom. The van der Waals surface area contributed by atoms with Crippen LogP contribution in [0.25, 0.3) is 5.57 Å². The van der Waals surface area contributed by atoms with Crippen LogP contribution in [0.5, 0.6) is 5.75 Å². The number of aliphatic hydroxyl groups is 1. The first kappa shape index (κ1) is 22.5. The van der Waals surface area contributed by atoms with Gasteiger partial charge in [-0.05, 0) is 29.7 Å². The fraction of sp³-hybridized carbons (Fsp3) is 0.185. The van der Waals surface area contributed by atoms with E-state index >= 15 is 0 Å². The van der Waals surface area contributed by atoms with Gasteiger partial charge < -0.3 is 32.4 Å². The highest BCUT2D eigenvalue weighted by molar-refractivity contribution is 6.24. The number of hydrogen-bond donors (Lipinski definition) is 5. The minimum absolute atomic E-state index is 0.0452. The van der Waals surface area contributed by atoms with Gasteiger partial charge in [0, 0.05) is 34.3 Å². The summed E-state index contributed by atoms with van der Waals surface area (Å²) in [6.45, 7) is 4.04. The first-order chi connectivity index (χ1) is 16.7. The zero-order valence-electron chi connectivity index (χ0n) is 19.3. The van der Waals surface area contributed by atoms with Gasteiger partial charge in [-0.15, -0.1) is 0 Å². The number of fused-ring (bicyclic) bond motifs is 5. The quantitative estimate of drug-likeness (QED) is 0.290. The standard InChI is InChI=1S/C27H26N4O4/c1-14(2)15-10-11-18-22(12-15)35-27(34)19-7-5-9-21(30)23(19)24(32)26(18,27)31-25(33)17(13-28)16-6-3-4-8-20(16)29/h3-14,34H,28-30H2,1-2H3,(H,31,33)/b17-13+. The number of anilines is 2. The van der Waals surface area contributed by atoms with E-state index in [4.69, 9.17) is 21.9 Å². The van der Waals surface area contributed by atoms with Crippen molar-refractivity contribution in [3.05, 3.63) is 94.7 Å². The Kier molecular flexibility index (Phi) is 4.89. The monoisotopic (exact) mass is 470 g/mol. The Morgan fingerprint density at radius 3 is 2.43 bits per heavy atom. The van der Waals surface area contributed by atoms with Gasteiger partial charge in [-0.2, -0.15) is 0 Å². The number of rotatable bonds is 4. The highest BCUT2D eigenvalue weighted by atomic mass is 16.6. The second-order valence-electron chi connectivity index (χ2n) is 9.13. The average molecular weight is 471 g/mol. The van der Waals surface area contributed by atoms with Gasteiger partial charge in [-0.3, -0.25) is 9.59 Å². The molecule has 3 aromatic rings. The minimum atomic E-state index is -2.22. The second-order valence-corrected chi connectivity index (χ2v) is 9.13. The van der Waals surface area contributed by atoms with Gasteiger partial charge in [-0.25, -0.2) is 0 Å². The third-order valence-corrected chi connectivity index (χ3v) is 6.84. The predicted octanol–water partition coefficient (Wildman–Crippen LogP) is 2.72. The number of nitrogens with one attached hydrogen (secondary N) is 1. The third-order valence-electron chi connectivity index (χ3n) is 6.84. The fourth-order valence-corrected chi connectivity index (χ4v) is 5.01. The summed E-state index contributed by atoms with van der Waals surface area (Å²) in [6.07, 6.45) is 1.12. The molecule has 2 aliphatic rings. The Balaban J connectivity index is 1.71. The van der Waals surface area contributed by atoms with E-state index in [1.807, 2.05) is 19.9 Å². The Labute approximate surface area is 202 Å². The summed E-state index contributed by atoms with van der Waals surface area (Å²) < 4.78 is 6.10. The van der Waals surface area contributed by atoms with E-state index in [-0.39, 0.29) is 28.3 Å². The molecule has 1 heterocycles. The maximum Gasteiger partial charge on any atom is 0.271 e. The molecule has 2 unspecified atom stereocenters. The summed E-state index contributed by atoms with van der Waals surface area (Å²) in [5.74, 6) is -3.01. The van der Waals surface area contributed by atoms with Crippen LogP contribution < -0.4 is 27.3 Å². The number of carbonyl (C=O) groups is 2. The van der Waals surface area contributed by atoms with Crippen molar-refractivity contribution in [2.24, 2.45) is 5.73 Å². The Morgan fingerprint density at radius 1 is 1.03 bits per heavy atom. The van der Waals surface area contributed by atoms with Crippen LogP contribution in [0.2, 0.25) is 0 Å². The van der Waals surface area contributed by atoms with Crippen LogP contribution in [0.1, 0.15) is 52.4 Å². The number of nitrogens with two attached hydrogens (primary N) is 3. The molecule has 178 valence electrons. The molecule has 1 amide bonds. The highest BCUT2D eigenvalue weighted by Crippen LogP contribution is 2.59. The van der Waals surface area contributed by atoms with E-state index in [0.29, 0.717) is 22.6 Å². The largest absolute Gasteiger partial charge is 0.454 e. The van der Waals surface area contributed by atoms with Crippen molar-refractivity contribution in [1.82, 2.24) is 5.32 Å². The van der Waals surface area contributed by atoms with E-state index in [0.717, 1.165) is 11.8 Å². The van der Waals surface area contributed by atoms with E-state index < -0.39 is 23.0 Å². The van der Waals surface area contributed by atoms with Crippen LogP contribution in [0, 0.1) is 0 Å². The minimum Gasteiger partial charge on any atom is -0.454 e. The molecule has 0 fully saturated rings. The molecule has 8 heteroatoms.